The van der Waals surface area contributed by atoms with Gasteiger partial charge in [0.2, 0.25) is 0 Å². The number of aromatic nitrogens is 3. The van der Waals surface area contributed by atoms with Gasteiger partial charge in [0.05, 0.1) is 22.9 Å². The first kappa shape index (κ1) is 12.0. The van der Waals surface area contributed by atoms with Crippen molar-refractivity contribution in [3.63, 3.8) is 0 Å². The van der Waals surface area contributed by atoms with Crippen molar-refractivity contribution in [3.05, 3.63) is 46.3 Å². The molecule has 9 heteroatoms. The van der Waals surface area contributed by atoms with Gasteiger partial charge in [-0.2, -0.15) is 13.2 Å². The van der Waals surface area contributed by atoms with Crippen LogP contribution < -0.4 is 0 Å². The summed E-state index contributed by atoms with van der Waals surface area (Å²) in [6.45, 7) is 0. The van der Waals surface area contributed by atoms with E-state index in [-0.39, 0.29) is 5.82 Å². The minimum Gasteiger partial charge on any atom is -0.358 e. The van der Waals surface area contributed by atoms with Crippen LogP contribution in [0.1, 0.15) is 5.56 Å². The van der Waals surface area contributed by atoms with Gasteiger partial charge in [-0.1, -0.05) is 0 Å². The number of nitrogens with zero attached hydrogens (tertiary/aromatic N) is 4. The molecule has 2 aromatic heterocycles. The lowest BCUT2D eigenvalue weighted by atomic mass is 10.3. The van der Waals surface area contributed by atoms with Gasteiger partial charge in [0, 0.05) is 6.20 Å². The molecule has 0 atom stereocenters. The smallest absolute Gasteiger partial charge is 0.358 e. The molecule has 2 aromatic rings. The molecule has 2 rings (SSSR count). The summed E-state index contributed by atoms with van der Waals surface area (Å²) in [7, 11) is 0. The Morgan fingerprint density at radius 2 is 2.00 bits per heavy atom. The number of alkyl halides is 3. The van der Waals surface area contributed by atoms with Crippen LogP contribution in [0.3, 0.4) is 0 Å². The van der Waals surface area contributed by atoms with E-state index in [1.165, 1.54) is 6.20 Å². The van der Waals surface area contributed by atoms with Crippen molar-refractivity contribution in [2.75, 3.05) is 0 Å². The molecule has 0 N–H and O–H groups in total. The topological polar surface area (TPSA) is 73.8 Å². The Bertz CT molecular complexity index is 576. The molecule has 0 aromatic carbocycles. The van der Waals surface area contributed by atoms with Gasteiger partial charge < -0.3 is 10.1 Å². The molecular weight excluding hydrogens is 253 g/mol. The maximum Gasteiger partial charge on any atom is 0.417 e. The highest BCUT2D eigenvalue weighted by Crippen LogP contribution is 2.28. The fourth-order valence-electron chi connectivity index (χ4n) is 1.23. The zero-order valence-corrected chi connectivity index (χ0v) is 8.63. The first-order valence-corrected chi connectivity index (χ1v) is 4.61. The van der Waals surface area contributed by atoms with Crippen LogP contribution in [0, 0.1) is 10.1 Å². The van der Waals surface area contributed by atoms with Crippen molar-refractivity contribution >= 4 is 5.82 Å². The summed E-state index contributed by atoms with van der Waals surface area (Å²) in [4.78, 5) is 13.2. The highest BCUT2D eigenvalue weighted by Gasteiger charge is 2.30. The lowest BCUT2D eigenvalue weighted by molar-refractivity contribution is -0.389. The molecule has 6 nitrogen and oxygen atoms in total. The minimum absolute atomic E-state index is 0.0658. The third-order valence-electron chi connectivity index (χ3n) is 2.07. The largest absolute Gasteiger partial charge is 0.417 e. The average Bonchev–Trinajstić information content (AvgIpc) is 2.77. The summed E-state index contributed by atoms with van der Waals surface area (Å²) in [5.41, 5.74) is -0.895. The van der Waals surface area contributed by atoms with E-state index in [0.717, 1.165) is 22.9 Å². The standard InChI is InChI=1S/C9H5F3N4O2/c10-9(11,12)6-1-2-7(13-5-6)15-4-3-8(14-15)16(17)18/h1-5H. The molecule has 0 unspecified atom stereocenters. The SMILES string of the molecule is O=[N+]([O-])c1ccn(-c2ccc(C(F)(F)F)cn2)n1. The highest BCUT2D eigenvalue weighted by atomic mass is 19.4. The predicted molar refractivity (Wildman–Crippen MR) is 53.0 cm³/mol. The second-order valence-corrected chi connectivity index (χ2v) is 3.28. The maximum absolute atomic E-state index is 12.3. The second kappa shape index (κ2) is 4.09. The third-order valence-corrected chi connectivity index (χ3v) is 2.07. The van der Waals surface area contributed by atoms with Gasteiger partial charge in [0.25, 0.3) is 0 Å². The van der Waals surface area contributed by atoms with E-state index < -0.39 is 22.5 Å². The number of rotatable bonds is 2. The Balaban J connectivity index is 2.31. The summed E-state index contributed by atoms with van der Waals surface area (Å²) < 4.78 is 37.9. The van der Waals surface area contributed by atoms with Gasteiger partial charge in [0.15, 0.2) is 5.82 Å². The van der Waals surface area contributed by atoms with E-state index in [2.05, 4.69) is 10.1 Å². The molecule has 0 aliphatic rings. The van der Waals surface area contributed by atoms with Gasteiger partial charge in [-0.3, -0.25) is 0 Å². The summed E-state index contributed by atoms with van der Waals surface area (Å²) in [6, 6.07) is 3.04. The predicted octanol–water partition coefficient (Wildman–Crippen LogP) is 2.19. The molecule has 0 aliphatic carbocycles. The Morgan fingerprint density at radius 1 is 1.28 bits per heavy atom. The second-order valence-electron chi connectivity index (χ2n) is 3.28. The van der Waals surface area contributed by atoms with E-state index in [1.54, 1.807) is 0 Å². The minimum atomic E-state index is -4.47. The van der Waals surface area contributed by atoms with E-state index in [9.17, 15) is 23.3 Å². The molecule has 18 heavy (non-hydrogen) atoms. The first-order chi connectivity index (χ1) is 8.38. The Hall–Kier alpha value is -2.45. The van der Waals surface area contributed by atoms with E-state index in [0.29, 0.717) is 6.20 Å². The summed E-state index contributed by atoms with van der Waals surface area (Å²) in [5.74, 6) is -0.340. The van der Waals surface area contributed by atoms with Crippen LogP contribution in [0.4, 0.5) is 19.0 Å². The van der Waals surface area contributed by atoms with Gasteiger partial charge in [0.1, 0.15) is 0 Å². The zero-order chi connectivity index (χ0) is 13.3. The van der Waals surface area contributed by atoms with Gasteiger partial charge >= 0.3 is 12.0 Å². The molecule has 0 saturated heterocycles. The Kier molecular flexibility index (Phi) is 2.73. The molecule has 0 aliphatic heterocycles. The number of pyridine rings is 1. The van der Waals surface area contributed by atoms with Crippen molar-refractivity contribution in [3.8, 4) is 5.82 Å². The van der Waals surface area contributed by atoms with Gasteiger partial charge in [-0.25, -0.2) is 4.98 Å². The highest BCUT2D eigenvalue weighted by molar-refractivity contribution is 5.28. The maximum atomic E-state index is 12.3. The third kappa shape index (κ3) is 2.29. The van der Waals surface area contributed by atoms with Crippen LogP contribution in [-0.2, 0) is 6.18 Å². The summed E-state index contributed by atoms with van der Waals surface area (Å²) >= 11 is 0. The lowest BCUT2D eigenvalue weighted by Crippen LogP contribution is -2.07. The quantitative estimate of drug-likeness (QED) is 0.611. The Labute approximate surface area is 97.8 Å². The number of nitro groups is 1. The molecule has 2 heterocycles. The van der Waals surface area contributed by atoms with E-state index in [1.807, 2.05) is 0 Å². The van der Waals surface area contributed by atoms with Crippen molar-refractivity contribution < 1.29 is 18.1 Å². The summed E-state index contributed by atoms with van der Waals surface area (Å²) in [6.07, 6.45) is -2.59. The van der Waals surface area contributed by atoms with Crippen LogP contribution in [0.5, 0.6) is 0 Å². The van der Waals surface area contributed by atoms with Crippen LogP contribution in [0.25, 0.3) is 5.82 Å². The van der Waals surface area contributed by atoms with Crippen molar-refractivity contribution in [2.24, 2.45) is 0 Å². The fourth-order valence-corrected chi connectivity index (χ4v) is 1.23. The average molecular weight is 258 g/mol. The molecule has 0 fully saturated rings. The fraction of sp³-hybridized carbons (Fsp3) is 0.111. The zero-order valence-electron chi connectivity index (χ0n) is 8.63. The number of hydrogen-bond acceptors (Lipinski definition) is 4. The first-order valence-electron chi connectivity index (χ1n) is 4.61. The molecule has 0 amide bonds. The van der Waals surface area contributed by atoms with Gasteiger partial charge in [-0.15, -0.1) is 4.68 Å². The number of halogens is 3. The van der Waals surface area contributed by atoms with Crippen molar-refractivity contribution in [1.29, 1.82) is 0 Å². The molecular formula is C9H5F3N4O2. The van der Waals surface area contributed by atoms with Crippen LogP contribution in [-0.4, -0.2) is 19.7 Å². The molecule has 0 radical (unpaired) electrons. The molecule has 94 valence electrons. The monoisotopic (exact) mass is 258 g/mol. The summed E-state index contributed by atoms with van der Waals surface area (Å²) in [5, 5.41) is 13.9. The van der Waals surface area contributed by atoms with Gasteiger partial charge in [-0.05, 0) is 17.1 Å². The van der Waals surface area contributed by atoms with Crippen molar-refractivity contribution in [1.82, 2.24) is 14.8 Å². The Morgan fingerprint density at radius 3 is 2.44 bits per heavy atom. The molecule has 0 spiro atoms. The van der Waals surface area contributed by atoms with E-state index in [4.69, 9.17) is 0 Å². The van der Waals surface area contributed by atoms with Crippen LogP contribution in [0.15, 0.2) is 30.6 Å². The number of hydrogen-bond donors (Lipinski definition) is 0. The van der Waals surface area contributed by atoms with Crippen LogP contribution in [0.2, 0.25) is 0 Å². The van der Waals surface area contributed by atoms with Crippen LogP contribution >= 0.6 is 0 Å². The van der Waals surface area contributed by atoms with E-state index >= 15 is 0 Å². The molecule has 0 saturated carbocycles. The lowest BCUT2D eigenvalue weighted by Gasteiger charge is -2.05. The van der Waals surface area contributed by atoms with Crippen molar-refractivity contribution in [2.45, 2.75) is 6.18 Å². The normalized spacial score (nSPS) is 11.5. The molecule has 0 bridgehead atoms.